The van der Waals surface area contributed by atoms with Gasteiger partial charge in [-0.15, -0.1) is 0 Å². The summed E-state index contributed by atoms with van der Waals surface area (Å²) in [6.07, 6.45) is 5.35. The number of unbranched alkanes of at least 4 members (excludes halogenated alkanes) is 2. The van der Waals surface area contributed by atoms with E-state index < -0.39 is 6.29 Å². The molecule has 0 amide bonds. The number of benzene rings is 1. The number of fused-ring (bicyclic) bond motifs is 1. The van der Waals surface area contributed by atoms with Crippen molar-refractivity contribution in [3.05, 3.63) is 35.8 Å². The SMILES string of the molecule is CCCCOC(OCCCC)c1cc(F)cc2cc[nH]c12. The summed E-state index contributed by atoms with van der Waals surface area (Å²) in [6, 6.07) is 4.88. The van der Waals surface area contributed by atoms with Gasteiger partial charge in [-0.25, -0.2) is 4.39 Å². The maximum Gasteiger partial charge on any atom is 0.185 e. The predicted octanol–water partition coefficient (Wildman–Crippen LogP) is 4.94. The van der Waals surface area contributed by atoms with Gasteiger partial charge in [0.15, 0.2) is 6.29 Å². The zero-order valence-electron chi connectivity index (χ0n) is 12.8. The van der Waals surface area contributed by atoms with E-state index in [-0.39, 0.29) is 5.82 Å². The molecule has 21 heavy (non-hydrogen) atoms. The Bertz CT molecular complexity index is 543. The zero-order valence-corrected chi connectivity index (χ0v) is 12.8. The molecule has 2 aromatic rings. The van der Waals surface area contributed by atoms with Crippen molar-refractivity contribution in [2.45, 2.75) is 45.8 Å². The molecule has 0 fully saturated rings. The normalized spacial score (nSPS) is 11.6. The van der Waals surface area contributed by atoms with Crippen LogP contribution >= 0.6 is 0 Å². The Morgan fingerprint density at radius 3 is 2.38 bits per heavy atom. The van der Waals surface area contributed by atoms with Crippen LogP contribution in [-0.2, 0) is 9.47 Å². The third-order valence-electron chi connectivity index (χ3n) is 3.44. The maximum absolute atomic E-state index is 13.8. The molecule has 4 heteroatoms. The molecule has 3 nitrogen and oxygen atoms in total. The van der Waals surface area contributed by atoms with Crippen molar-refractivity contribution >= 4 is 10.9 Å². The summed E-state index contributed by atoms with van der Waals surface area (Å²) in [4.78, 5) is 3.15. The predicted molar refractivity (Wildman–Crippen MR) is 82.7 cm³/mol. The molecule has 0 aliphatic carbocycles. The summed E-state index contributed by atoms with van der Waals surface area (Å²) in [5, 5.41) is 0.841. The Morgan fingerprint density at radius 2 is 1.76 bits per heavy atom. The van der Waals surface area contributed by atoms with Gasteiger partial charge in [-0.05, 0) is 31.0 Å². The smallest absolute Gasteiger partial charge is 0.185 e. The number of halogens is 1. The number of hydrogen-bond acceptors (Lipinski definition) is 2. The van der Waals surface area contributed by atoms with Gasteiger partial charge in [0.2, 0.25) is 0 Å². The molecule has 0 spiro atoms. The largest absolute Gasteiger partial charge is 0.361 e. The molecule has 0 unspecified atom stereocenters. The summed E-state index contributed by atoms with van der Waals surface area (Å²) in [6.45, 7) is 5.46. The van der Waals surface area contributed by atoms with Gasteiger partial charge >= 0.3 is 0 Å². The fraction of sp³-hybridized carbons (Fsp3) is 0.529. The van der Waals surface area contributed by atoms with Crippen LogP contribution in [0.1, 0.15) is 51.4 Å². The molecule has 0 radical (unpaired) electrons. The Hall–Kier alpha value is -1.39. The number of H-pyrrole nitrogens is 1. The topological polar surface area (TPSA) is 34.2 Å². The van der Waals surface area contributed by atoms with E-state index in [9.17, 15) is 4.39 Å². The van der Waals surface area contributed by atoms with E-state index in [1.807, 2.05) is 12.3 Å². The lowest BCUT2D eigenvalue weighted by molar-refractivity contribution is -0.147. The number of aromatic amines is 1. The number of rotatable bonds is 9. The van der Waals surface area contributed by atoms with E-state index in [1.165, 1.54) is 12.1 Å². The lowest BCUT2D eigenvalue weighted by atomic mass is 10.1. The third-order valence-corrected chi connectivity index (χ3v) is 3.44. The van der Waals surface area contributed by atoms with Crippen molar-refractivity contribution in [3.8, 4) is 0 Å². The lowest BCUT2D eigenvalue weighted by Crippen LogP contribution is -2.12. The fourth-order valence-corrected chi connectivity index (χ4v) is 2.25. The molecule has 116 valence electrons. The molecule has 0 saturated heterocycles. The van der Waals surface area contributed by atoms with Gasteiger partial charge in [0.1, 0.15) is 5.82 Å². The summed E-state index contributed by atoms with van der Waals surface area (Å²) in [7, 11) is 0. The molecule has 1 heterocycles. The highest BCUT2D eigenvalue weighted by molar-refractivity contribution is 5.82. The van der Waals surface area contributed by atoms with Gasteiger partial charge in [-0.2, -0.15) is 0 Å². The van der Waals surface area contributed by atoms with Gasteiger partial charge in [0.25, 0.3) is 0 Å². The molecule has 0 aliphatic heterocycles. The van der Waals surface area contributed by atoms with Gasteiger partial charge < -0.3 is 14.5 Å². The fourth-order valence-electron chi connectivity index (χ4n) is 2.25. The van der Waals surface area contributed by atoms with E-state index >= 15 is 0 Å². The van der Waals surface area contributed by atoms with Crippen LogP contribution in [0.15, 0.2) is 24.4 Å². The van der Waals surface area contributed by atoms with Crippen molar-refractivity contribution < 1.29 is 13.9 Å². The number of hydrogen-bond donors (Lipinski definition) is 1. The number of nitrogens with one attached hydrogen (secondary N) is 1. The second kappa shape index (κ2) is 8.15. The summed E-state index contributed by atoms with van der Waals surface area (Å²) < 4.78 is 25.5. The van der Waals surface area contributed by atoms with Gasteiger partial charge in [0, 0.05) is 17.1 Å². The minimum absolute atomic E-state index is 0.264. The summed E-state index contributed by atoms with van der Waals surface area (Å²) in [5.74, 6) is -0.264. The van der Waals surface area contributed by atoms with Gasteiger partial charge in [-0.3, -0.25) is 0 Å². The molecule has 0 aliphatic rings. The van der Waals surface area contributed by atoms with Gasteiger partial charge in [0.05, 0.1) is 18.7 Å². The van der Waals surface area contributed by atoms with E-state index in [0.29, 0.717) is 13.2 Å². The second-order valence-electron chi connectivity index (χ2n) is 5.22. The van der Waals surface area contributed by atoms with Crippen molar-refractivity contribution in [2.24, 2.45) is 0 Å². The highest BCUT2D eigenvalue weighted by Crippen LogP contribution is 2.28. The number of ether oxygens (including phenoxy) is 2. The van der Waals surface area contributed by atoms with Crippen LogP contribution in [0.25, 0.3) is 10.9 Å². The third kappa shape index (κ3) is 4.29. The van der Waals surface area contributed by atoms with Crippen molar-refractivity contribution in [2.75, 3.05) is 13.2 Å². The highest BCUT2D eigenvalue weighted by atomic mass is 19.1. The first-order chi connectivity index (χ1) is 10.3. The molecule has 1 aromatic heterocycles. The summed E-state index contributed by atoms with van der Waals surface area (Å²) >= 11 is 0. The van der Waals surface area contributed by atoms with Crippen LogP contribution in [-0.4, -0.2) is 18.2 Å². The standard InChI is InChI=1S/C17H24FNO2/c1-3-5-9-20-17(21-10-6-4-2)15-12-14(18)11-13-7-8-19-16(13)15/h7-8,11-12,17,19H,3-6,9-10H2,1-2H3. The lowest BCUT2D eigenvalue weighted by Gasteiger charge is -2.20. The van der Waals surface area contributed by atoms with E-state index in [4.69, 9.17) is 9.47 Å². The van der Waals surface area contributed by atoms with Crippen LogP contribution in [0.3, 0.4) is 0 Å². The minimum Gasteiger partial charge on any atom is -0.361 e. The minimum atomic E-state index is -0.514. The molecule has 0 atom stereocenters. The van der Waals surface area contributed by atoms with E-state index in [2.05, 4.69) is 18.8 Å². The first kappa shape index (κ1) is 16.0. The number of aromatic nitrogens is 1. The van der Waals surface area contributed by atoms with Crippen molar-refractivity contribution in [1.29, 1.82) is 0 Å². The van der Waals surface area contributed by atoms with Crippen LogP contribution in [0, 0.1) is 5.82 Å². The van der Waals surface area contributed by atoms with Gasteiger partial charge in [-0.1, -0.05) is 26.7 Å². The monoisotopic (exact) mass is 293 g/mol. The zero-order chi connectivity index (χ0) is 15.1. The molecular formula is C17H24FNO2. The van der Waals surface area contributed by atoms with E-state index in [1.54, 1.807) is 0 Å². The van der Waals surface area contributed by atoms with Crippen molar-refractivity contribution in [1.82, 2.24) is 4.98 Å². The van der Waals surface area contributed by atoms with Crippen molar-refractivity contribution in [3.63, 3.8) is 0 Å². The van der Waals surface area contributed by atoms with E-state index in [0.717, 1.165) is 42.1 Å². The second-order valence-corrected chi connectivity index (χ2v) is 5.22. The molecule has 0 bridgehead atoms. The van der Waals surface area contributed by atoms with Crippen LogP contribution < -0.4 is 0 Å². The molecule has 1 aromatic carbocycles. The maximum atomic E-state index is 13.8. The quantitative estimate of drug-likeness (QED) is 0.525. The average molecular weight is 293 g/mol. The Kier molecular flexibility index (Phi) is 6.21. The molecular weight excluding hydrogens is 269 g/mol. The molecule has 2 rings (SSSR count). The Morgan fingerprint density at radius 1 is 1.10 bits per heavy atom. The van der Waals surface area contributed by atoms with Crippen LogP contribution in [0.5, 0.6) is 0 Å². The first-order valence-electron chi connectivity index (χ1n) is 7.76. The highest BCUT2D eigenvalue weighted by Gasteiger charge is 2.17. The summed E-state index contributed by atoms with van der Waals surface area (Å²) in [5.41, 5.74) is 1.62. The van der Waals surface area contributed by atoms with Crippen LogP contribution in [0.4, 0.5) is 4.39 Å². The first-order valence-corrected chi connectivity index (χ1v) is 7.76. The molecule has 0 saturated carbocycles. The van der Waals surface area contributed by atoms with Crippen LogP contribution in [0.2, 0.25) is 0 Å². The Labute approximate surface area is 125 Å². The molecule has 1 N–H and O–H groups in total. The Balaban J connectivity index is 2.21. The average Bonchev–Trinajstić information content (AvgIpc) is 2.93.